The molecule has 0 aromatic rings. The Hall–Kier alpha value is -2.32. The standard InChI is InChI=1S/C14H20N2O7/c1-14(2,3)23-12(19)15-6-8(7-15)11(22-13(20)21)16-9(17)4-5-10(16)18/h8,11H,4-7H2,1-3H3,(H,20,21). The summed E-state index contributed by atoms with van der Waals surface area (Å²) in [4.78, 5) is 48.5. The van der Waals surface area contributed by atoms with E-state index in [1.807, 2.05) is 0 Å². The highest BCUT2D eigenvalue weighted by Gasteiger charge is 2.47. The number of carbonyl (C=O) groups excluding carboxylic acids is 3. The lowest BCUT2D eigenvalue weighted by atomic mass is 9.97. The average molecular weight is 328 g/mol. The largest absolute Gasteiger partial charge is 0.507 e. The predicted octanol–water partition coefficient (Wildman–Crippen LogP) is 1.02. The lowest BCUT2D eigenvalue weighted by molar-refractivity contribution is -0.160. The molecule has 23 heavy (non-hydrogen) atoms. The molecule has 0 aliphatic carbocycles. The molecule has 2 rings (SSSR count). The van der Waals surface area contributed by atoms with Gasteiger partial charge in [-0.1, -0.05) is 0 Å². The normalized spacial score (nSPS) is 20.3. The monoisotopic (exact) mass is 328 g/mol. The highest BCUT2D eigenvalue weighted by atomic mass is 16.7. The third kappa shape index (κ3) is 3.91. The molecular formula is C14H20N2O7. The first-order chi connectivity index (χ1) is 10.6. The maximum atomic E-state index is 11.9. The molecule has 0 spiro atoms. The fraction of sp³-hybridized carbons (Fsp3) is 0.714. The number of hydrogen-bond acceptors (Lipinski definition) is 6. The minimum atomic E-state index is -1.57. The number of imide groups is 1. The molecule has 0 saturated carbocycles. The van der Waals surface area contributed by atoms with Gasteiger partial charge in [-0.15, -0.1) is 0 Å². The van der Waals surface area contributed by atoms with Gasteiger partial charge in [0, 0.05) is 25.9 Å². The Balaban J connectivity index is 2.00. The van der Waals surface area contributed by atoms with Gasteiger partial charge < -0.3 is 19.5 Å². The summed E-state index contributed by atoms with van der Waals surface area (Å²) in [5.74, 6) is -1.38. The molecule has 9 nitrogen and oxygen atoms in total. The van der Waals surface area contributed by atoms with Crippen molar-refractivity contribution < 1.29 is 33.8 Å². The second-order valence-electron chi connectivity index (χ2n) is 6.58. The van der Waals surface area contributed by atoms with Crippen molar-refractivity contribution >= 4 is 24.1 Å². The number of carboxylic acid groups (broad SMARTS) is 1. The fourth-order valence-electron chi connectivity index (χ4n) is 2.51. The van der Waals surface area contributed by atoms with Crippen LogP contribution in [-0.2, 0) is 19.1 Å². The van der Waals surface area contributed by atoms with Crippen LogP contribution in [0.4, 0.5) is 9.59 Å². The first-order valence-corrected chi connectivity index (χ1v) is 7.31. The summed E-state index contributed by atoms with van der Waals surface area (Å²) in [6.45, 7) is 5.52. The molecule has 2 saturated heterocycles. The van der Waals surface area contributed by atoms with Gasteiger partial charge >= 0.3 is 12.2 Å². The molecule has 1 N–H and O–H groups in total. The van der Waals surface area contributed by atoms with E-state index < -0.39 is 41.8 Å². The summed E-state index contributed by atoms with van der Waals surface area (Å²) in [5.41, 5.74) is -0.639. The molecule has 3 amide bonds. The van der Waals surface area contributed by atoms with Gasteiger partial charge in [0.2, 0.25) is 11.8 Å². The van der Waals surface area contributed by atoms with Gasteiger partial charge in [-0.3, -0.25) is 9.59 Å². The molecule has 128 valence electrons. The van der Waals surface area contributed by atoms with Crippen LogP contribution < -0.4 is 0 Å². The Morgan fingerprint density at radius 3 is 2.13 bits per heavy atom. The van der Waals surface area contributed by atoms with Crippen LogP contribution in [0, 0.1) is 5.92 Å². The van der Waals surface area contributed by atoms with Crippen molar-refractivity contribution in [1.82, 2.24) is 9.80 Å². The molecule has 2 heterocycles. The summed E-state index contributed by atoms with van der Waals surface area (Å²) < 4.78 is 9.93. The first kappa shape index (κ1) is 17.0. The summed E-state index contributed by atoms with van der Waals surface area (Å²) in [6.07, 6.45) is -3.21. The average Bonchev–Trinajstić information content (AvgIpc) is 2.63. The van der Waals surface area contributed by atoms with E-state index in [9.17, 15) is 19.2 Å². The topological polar surface area (TPSA) is 113 Å². The number of nitrogens with zero attached hydrogens (tertiary/aromatic N) is 2. The first-order valence-electron chi connectivity index (χ1n) is 7.31. The number of hydrogen-bond donors (Lipinski definition) is 1. The van der Waals surface area contributed by atoms with Crippen LogP contribution in [-0.4, -0.2) is 63.9 Å². The number of rotatable bonds is 3. The predicted molar refractivity (Wildman–Crippen MR) is 75.3 cm³/mol. The molecule has 2 fully saturated rings. The Bertz CT molecular complexity index is 518. The highest BCUT2D eigenvalue weighted by molar-refractivity contribution is 6.02. The van der Waals surface area contributed by atoms with Crippen molar-refractivity contribution in [3.05, 3.63) is 0 Å². The van der Waals surface area contributed by atoms with Gasteiger partial charge in [-0.2, -0.15) is 0 Å². The van der Waals surface area contributed by atoms with Crippen LogP contribution in [0.1, 0.15) is 33.6 Å². The molecule has 9 heteroatoms. The van der Waals surface area contributed by atoms with Crippen LogP contribution in [0.25, 0.3) is 0 Å². The summed E-state index contributed by atoms with van der Waals surface area (Å²) in [6, 6.07) is 0. The van der Waals surface area contributed by atoms with Crippen molar-refractivity contribution in [2.75, 3.05) is 13.1 Å². The van der Waals surface area contributed by atoms with E-state index in [1.54, 1.807) is 20.8 Å². The van der Waals surface area contributed by atoms with Crippen LogP contribution in [0.5, 0.6) is 0 Å². The van der Waals surface area contributed by atoms with E-state index in [4.69, 9.17) is 14.6 Å². The van der Waals surface area contributed by atoms with Crippen LogP contribution in [0.2, 0.25) is 0 Å². The zero-order valence-electron chi connectivity index (χ0n) is 13.3. The van der Waals surface area contributed by atoms with Crippen molar-refractivity contribution in [2.24, 2.45) is 5.92 Å². The molecule has 2 aliphatic rings. The third-order valence-corrected chi connectivity index (χ3v) is 3.53. The fourth-order valence-corrected chi connectivity index (χ4v) is 2.51. The number of ether oxygens (including phenoxy) is 2. The van der Waals surface area contributed by atoms with Gasteiger partial charge in [-0.25, -0.2) is 14.5 Å². The van der Waals surface area contributed by atoms with Crippen LogP contribution >= 0.6 is 0 Å². The zero-order chi connectivity index (χ0) is 17.4. The summed E-state index contributed by atoms with van der Waals surface area (Å²) >= 11 is 0. The Morgan fingerprint density at radius 1 is 1.17 bits per heavy atom. The zero-order valence-corrected chi connectivity index (χ0v) is 13.3. The highest BCUT2D eigenvalue weighted by Crippen LogP contribution is 2.29. The molecule has 1 atom stereocenters. The molecule has 0 radical (unpaired) electrons. The third-order valence-electron chi connectivity index (χ3n) is 3.53. The van der Waals surface area contributed by atoms with Crippen LogP contribution in [0.3, 0.4) is 0 Å². The minimum absolute atomic E-state index is 0.0425. The Kier molecular flexibility index (Phi) is 4.49. The van der Waals surface area contributed by atoms with Gasteiger partial charge in [0.25, 0.3) is 0 Å². The maximum absolute atomic E-state index is 11.9. The van der Waals surface area contributed by atoms with Crippen LogP contribution in [0.15, 0.2) is 0 Å². The van der Waals surface area contributed by atoms with E-state index in [0.717, 1.165) is 4.90 Å². The van der Waals surface area contributed by atoms with Crippen molar-refractivity contribution in [1.29, 1.82) is 0 Å². The minimum Gasteiger partial charge on any atom is -0.450 e. The molecule has 0 aromatic heterocycles. The van der Waals surface area contributed by atoms with E-state index >= 15 is 0 Å². The molecule has 1 unspecified atom stereocenters. The van der Waals surface area contributed by atoms with E-state index in [0.29, 0.717) is 0 Å². The molecular weight excluding hydrogens is 308 g/mol. The van der Waals surface area contributed by atoms with Crippen molar-refractivity contribution in [2.45, 2.75) is 45.4 Å². The van der Waals surface area contributed by atoms with E-state index in [-0.39, 0.29) is 25.9 Å². The van der Waals surface area contributed by atoms with Crippen molar-refractivity contribution in [3.8, 4) is 0 Å². The van der Waals surface area contributed by atoms with Gasteiger partial charge in [-0.05, 0) is 20.8 Å². The van der Waals surface area contributed by atoms with Gasteiger partial charge in [0.1, 0.15) is 5.60 Å². The Morgan fingerprint density at radius 2 is 1.70 bits per heavy atom. The molecule has 2 aliphatic heterocycles. The lowest BCUT2D eigenvalue weighted by Gasteiger charge is -2.44. The molecule has 0 bridgehead atoms. The van der Waals surface area contributed by atoms with Crippen molar-refractivity contribution in [3.63, 3.8) is 0 Å². The van der Waals surface area contributed by atoms with E-state index in [1.165, 1.54) is 4.90 Å². The number of carbonyl (C=O) groups is 4. The van der Waals surface area contributed by atoms with Gasteiger partial charge in [0.05, 0.1) is 5.92 Å². The number of amides is 3. The smallest absolute Gasteiger partial charge is 0.450 e. The second kappa shape index (κ2) is 6.05. The second-order valence-corrected chi connectivity index (χ2v) is 6.58. The molecule has 0 aromatic carbocycles. The lowest BCUT2D eigenvalue weighted by Crippen LogP contribution is -2.60. The Labute approximate surface area is 133 Å². The van der Waals surface area contributed by atoms with E-state index in [2.05, 4.69) is 0 Å². The SMILES string of the molecule is CC(C)(C)OC(=O)N1CC(C(OC(=O)O)N2C(=O)CCC2=O)C1. The number of likely N-dealkylation sites (tertiary alicyclic amines) is 2. The summed E-state index contributed by atoms with van der Waals surface area (Å²) in [7, 11) is 0. The quantitative estimate of drug-likeness (QED) is 0.608. The summed E-state index contributed by atoms with van der Waals surface area (Å²) in [5, 5.41) is 8.84. The maximum Gasteiger partial charge on any atom is 0.507 e. The van der Waals surface area contributed by atoms with Gasteiger partial charge in [0.15, 0.2) is 6.23 Å².